The molecular weight excluding hydrogens is 274 g/mol. The second-order valence-corrected chi connectivity index (χ2v) is 5.01. The number of carboxylic acids is 1. The van der Waals surface area contributed by atoms with Crippen molar-refractivity contribution in [1.82, 2.24) is 9.80 Å². The number of rotatable bonds is 7. The molecule has 1 aliphatic rings. The fourth-order valence-electron chi connectivity index (χ4n) is 2.49. The minimum Gasteiger partial charge on any atom is -0.481 e. The molecule has 1 saturated heterocycles. The Bertz CT molecular complexity index is 408. The van der Waals surface area contributed by atoms with Crippen LogP contribution in [0.5, 0.6) is 0 Å². The highest BCUT2D eigenvalue weighted by Crippen LogP contribution is 2.22. The molecule has 0 radical (unpaired) electrons. The molecule has 0 aromatic rings. The summed E-state index contributed by atoms with van der Waals surface area (Å²) in [5, 5.41) is 17.9. The molecule has 7 nitrogen and oxygen atoms in total. The van der Waals surface area contributed by atoms with E-state index in [4.69, 9.17) is 10.00 Å². The smallest absolute Gasteiger partial charge is 0.320 e. The van der Waals surface area contributed by atoms with Crippen molar-refractivity contribution in [1.29, 1.82) is 5.26 Å². The molecule has 2 unspecified atom stereocenters. The van der Waals surface area contributed by atoms with Crippen LogP contribution in [-0.2, 0) is 9.53 Å². The van der Waals surface area contributed by atoms with Gasteiger partial charge in [-0.05, 0) is 13.3 Å². The summed E-state index contributed by atoms with van der Waals surface area (Å²) < 4.78 is 5.26. The molecule has 1 aliphatic heterocycles. The maximum Gasteiger partial charge on any atom is 0.320 e. The van der Waals surface area contributed by atoms with Crippen LogP contribution in [0.3, 0.4) is 0 Å². The molecule has 0 saturated carbocycles. The second kappa shape index (κ2) is 8.47. The average Bonchev–Trinajstić information content (AvgIpc) is 2.94. The first-order chi connectivity index (χ1) is 10.1. The summed E-state index contributed by atoms with van der Waals surface area (Å²) in [5.41, 5.74) is 0. The summed E-state index contributed by atoms with van der Waals surface area (Å²) >= 11 is 0. The van der Waals surface area contributed by atoms with Crippen LogP contribution in [0.15, 0.2) is 0 Å². The molecule has 1 rings (SSSR count). The molecule has 2 amide bonds. The summed E-state index contributed by atoms with van der Waals surface area (Å²) in [6.45, 7) is 5.51. The van der Waals surface area contributed by atoms with E-state index in [-0.39, 0.29) is 25.7 Å². The van der Waals surface area contributed by atoms with E-state index in [0.717, 1.165) is 6.42 Å². The number of urea groups is 1. The maximum atomic E-state index is 12.6. The minimum absolute atomic E-state index is 0.137. The molecule has 1 heterocycles. The van der Waals surface area contributed by atoms with Gasteiger partial charge in [-0.3, -0.25) is 4.79 Å². The number of nitriles is 1. The zero-order valence-corrected chi connectivity index (χ0v) is 12.6. The number of ether oxygens (including phenoxy) is 1. The lowest BCUT2D eigenvalue weighted by atomic mass is 10.0. The van der Waals surface area contributed by atoms with E-state index in [9.17, 15) is 14.7 Å². The van der Waals surface area contributed by atoms with Gasteiger partial charge in [0, 0.05) is 19.6 Å². The molecule has 0 aromatic heterocycles. The number of carbonyl (C=O) groups is 2. The summed E-state index contributed by atoms with van der Waals surface area (Å²) in [6.07, 6.45) is 1.01. The van der Waals surface area contributed by atoms with E-state index in [1.165, 1.54) is 0 Å². The predicted molar refractivity (Wildman–Crippen MR) is 75.6 cm³/mol. The van der Waals surface area contributed by atoms with Crippen LogP contribution in [0.2, 0.25) is 0 Å². The SMILES string of the molecule is CCCN(C(=O)N(CC)CCC#N)C1COCC1C(=O)O. The molecule has 0 spiro atoms. The van der Waals surface area contributed by atoms with Gasteiger partial charge in [-0.1, -0.05) is 6.92 Å². The third-order valence-electron chi connectivity index (χ3n) is 3.62. The van der Waals surface area contributed by atoms with Gasteiger partial charge in [0.25, 0.3) is 0 Å². The number of aliphatic carboxylic acids is 1. The van der Waals surface area contributed by atoms with Crippen LogP contribution in [0.1, 0.15) is 26.7 Å². The van der Waals surface area contributed by atoms with Crippen molar-refractivity contribution in [2.45, 2.75) is 32.7 Å². The number of hydrogen-bond acceptors (Lipinski definition) is 4. The highest BCUT2D eigenvalue weighted by molar-refractivity contribution is 5.77. The first-order valence-electron chi connectivity index (χ1n) is 7.29. The molecule has 0 aliphatic carbocycles. The third-order valence-corrected chi connectivity index (χ3v) is 3.62. The van der Waals surface area contributed by atoms with Crippen molar-refractivity contribution in [3.8, 4) is 6.07 Å². The Labute approximate surface area is 125 Å². The van der Waals surface area contributed by atoms with Crippen molar-refractivity contribution >= 4 is 12.0 Å². The minimum atomic E-state index is -0.938. The van der Waals surface area contributed by atoms with Crippen LogP contribution < -0.4 is 0 Å². The largest absolute Gasteiger partial charge is 0.481 e. The van der Waals surface area contributed by atoms with Gasteiger partial charge in [0.2, 0.25) is 0 Å². The lowest BCUT2D eigenvalue weighted by Crippen LogP contribution is -2.52. The van der Waals surface area contributed by atoms with Crippen molar-refractivity contribution in [2.75, 3.05) is 32.8 Å². The van der Waals surface area contributed by atoms with Gasteiger partial charge >= 0.3 is 12.0 Å². The lowest BCUT2D eigenvalue weighted by molar-refractivity contribution is -0.142. The zero-order valence-electron chi connectivity index (χ0n) is 12.6. The van der Waals surface area contributed by atoms with Gasteiger partial charge in [0.05, 0.1) is 31.7 Å². The lowest BCUT2D eigenvalue weighted by Gasteiger charge is -2.34. The maximum absolute atomic E-state index is 12.6. The fourth-order valence-corrected chi connectivity index (χ4v) is 2.49. The standard InChI is InChI=1S/C14H23N3O4/c1-3-7-17(12-10-21-9-11(12)13(18)19)14(20)16(4-2)8-5-6-15/h11-12H,3-5,7-10H2,1-2H3,(H,18,19). The Morgan fingerprint density at radius 3 is 2.57 bits per heavy atom. The van der Waals surface area contributed by atoms with Gasteiger partial charge in [0.1, 0.15) is 5.92 Å². The van der Waals surface area contributed by atoms with E-state index in [0.29, 0.717) is 19.6 Å². The quantitative estimate of drug-likeness (QED) is 0.761. The molecule has 0 bridgehead atoms. The van der Waals surface area contributed by atoms with E-state index in [1.54, 1.807) is 9.80 Å². The molecule has 0 aromatic carbocycles. The van der Waals surface area contributed by atoms with Crippen LogP contribution in [-0.4, -0.2) is 65.8 Å². The fraction of sp³-hybridized carbons (Fsp3) is 0.786. The monoisotopic (exact) mass is 297 g/mol. The first kappa shape index (κ1) is 17.2. The molecule has 21 heavy (non-hydrogen) atoms. The van der Waals surface area contributed by atoms with Crippen molar-refractivity contribution in [2.24, 2.45) is 5.92 Å². The topological polar surface area (TPSA) is 93.9 Å². The summed E-state index contributed by atoms with van der Waals surface area (Å²) in [6, 6.07) is 1.37. The Morgan fingerprint density at radius 2 is 2.05 bits per heavy atom. The van der Waals surface area contributed by atoms with Crippen molar-refractivity contribution in [3.63, 3.8) is 0 Å². The Kier molecular flexibility index (Phi) is 6.96. The van der Waals surface area contributed by atoms with Crippen LogP contribution in [0, 0.1) is 17.2 Å². The van der Waals surface area contributed by atoms with Crippen molar-refractivity contribution in [3.05, 3.63) is 0 Å². The van der Waals surface area contributed by atoms with Crippen LogP contribution in [0.25, 0.3) is 0 Å². The van der Waals surface area contributed by atoms with E-state index in [2.05, 4.69) is 0 Å². The number of carbonyl (C=O) groups excluding carboxylic acids is 1. The van der Waals surface area contributed by atoms with Crippen LogP contribution >= 0.6 is 0 Å². The van der Waals surface area contributed by atoms with Gasteiger partial charge in [0.15, 0.2) is 0 Å². The number of hydrogen-bond donors (Lipinski definition) is 1. The summed E-state index contributed by atoms with van der Waals surface area (Å²) in [7, 11) is 0. The average molecular weight is 297 g/mol. The molecule has 118 valence electrons. The first-order valence-corrected chi connectivity index (χ1v) is 7.29. The van der Waals surface area contributed by atoms with Gasteiger partial charge in [-0.15, -0.1) is 0 Å². The Morgan fingerprint density at radius 1 is 1.33 bits per heavy atom. The molecule has 7 heteroatoms. The zero-order chi connectivity index (χ0) is 15.8. The number of nitrogens with zero attached hydrogens (tertiary/aromatic N) is 3. The Balaban J connectivity index is 2.86. The van der Waals surface area contributed by atoms with Crippen molar-refractivity contribution < 1.29 is 19.4 Å². The third kappa shape index (κ3) is 4.33. The molecular formula is C14H23N3O4. The molecule has 1 N–H and O–H groups in total. The number of amides is 2. The predicted octanol–water partition coefficient (Wildman–Crippen LogP) is 1.15. The molecule has 2 atom stereocenters. The van der Waals surface area contributed by atoms with E-state index < -0.39 is 17.9 Å². The van der Waals surface area contributed by atoms with E-state index >= 15 is 0 Å². The molecule has 1 fully saturated rings. The summed E-state index contributed by atoms with van der Waals surface area (Å²) in [5.74, 6) is -1.62. The normalized spacial score (nSPS) is 20.8. The second-order valence-electron chi connectivity index (χ2n) is 5.01. The van der Waals surface area contributed by atoms with Gasteiger partial charge < -0.3 is 19.6 Å². The van der Waals surface area contributed by atoms with Crippen LogP contribution in [0.4, 0.5) is 4.79 Å². The van der Waals surface area contributed by atoms with Gasteiger partial charge in [-0.2, -0.15) is 5.26 Å². The highest BCUT2D eigenvalue weighted by atomic mass is 16.5. The highest BCUT2D eigenvalue weighted by Gasteiger charge is 2.40. The van der Waals surface area contributed by atoms with Gasteiger partial charge in [-0.25, -0.2) is 4.79 Å². The summed E-state index contributed by atoms with van der Waals surface area (Å²) in [4.78, 5) is 27.1. The van der Waals surface area contributed by atoms with E-state index in [1.807, 2.05) is 19.9 Å². The Hall–Kier alpha value is -1.81. The number of carboxylic acid groups (broad SMARTS) is 1.